The molecule has 1 atom stereocenters. The fraction of sp³-hybridized carbons (Fsp3) is 0.455. The van der Waals surface area contributed by atoms with Gasteiger partial charge in [-0.15, -0.1) is 0 Å². The predicted molar refractivity (Wildman–Crippen MR) is 75.1 cm³/mol. The summed E-state index contributed by atoms with van der Waals surface area (Å²) in [7, 11) is -2.25. The monoisotopic (exact) mass is 316 g/mol. The highest BCUT2D eigenvalue weighted by Crippen LogP contribution is 2.30. The molecule has 0 aliphatic carbocycles. The number of benzene rings is 1. The van der Waals surface area contributed by atoms with E-state index >= 15 is 0 Å². The molecule has 1 heterocycles. The maximum Gasteiger partial charge on any atom is 0.271 e. The molecule has 21 heavy (non-hydrogen) atoms. The molecule has 1 saturated heterocycles. The Hall–Kier alpha value is -1.75. The average Bonchev–Trinajstić information content (AvgIpc) is 2.96. The van der Waals surface area contributed by atoms with Crippen molar-refractivity contribution < 1.29 is 18.1 Å². The Morgan fingerprint density at radius 1 is 1.52 bits per heavy atom. The average molecular weight is 316 g/mol. The number of non-ortho nitro benzene ring substituents is 1. The van der Waals surface area contributed by atoms with Crippen molar-refractivity contribution in [3.05, 3.63) is 28.3 Å². The van der Waals surface area contributed by atoms with E-state index in [0.717, 1.165) is 12.1 Å². The maximum absolute atomic E-state index is 12.6. The van der Waals surface area contributed by atoms with Gasteiger partial charge in [-0.3, -0.25) is 16.0 Å². The molecule has 10 heteroatoms. The molecule has 1 aromatic carbocycles. The minimum Gasteiger partial charge on any atom is -0.380 e. The summed E-state index contributed by atoms with van der Waals surface area (Å²) >= 11 is 0. The van der Waals surface area contributed by atoms with E-state index in [9.17, 15) is 18.5 Å². The highest BCUT2D eigenvalue weighted by Gasteiger charge is 2.34. The first-order chi connectivity index (χ1) is 9.90. The normalized spacial score (nSPS) is 19.6. The molecule has 1 aliphatic heterocycles. The van der Waals surface area contributed by atoms with Gasteiger partial charge >= 0.3 is 0 Å². The van der Waals surface area contributed by atoms with E-state index in [1.54, 1.807) is 0 Å². The van der Waals surface area contributed by atoms with Crippen LogP contribution in [0.5, 0.6) is 0 Å². The number of hydrazine groups is 1. The third kappa shape index (κ3) is 2.97. The van der Waals surface area contributed by atoms with Crippen LogP contribution in [0.1, 0.15) is 6.42 Å². The summed E-state index contributed by atoms with van der Waals surface area (Å²) in [5.74, 6) is 5.29. The van der Waals surface area contributed by atoms with Gasteiger partial charge in [-0.1, -0.05) is 0 Å². The zero-order chi connectivity index (χ0) is 15.6. The highest BCUT2D eigenvalue weighted by atomic mass is 32.2. The van der Waals surface area contributed by atoms with E-state index in [4.69, 9.17) is 10.6 Å². The van der Waals surface area contributed by atoms with Crippen LogP contribution in [0.2, 0.25) is 0 Å². The molecule has 3 N–H and O–H groups in total. The van der Waals surface area contributed by atoms with Crippen LogP contribution in [0.4, 0.5) is 11.4 Å². The van der Waals surface area contributed by atoms with Crippen LogP contribution in [-0.2, 0) is 14.8 Å². The molecule has 116 valence electrons. The Labute approximate surface area is 121 Å². The van der Waals surface area contributed by atoms with Gasteiger partial charge in [-0.05, 0) is 12.5 Å². The first-order valence-electron chi connectivity index (χ1n) is 6.18. The van der Waals surface area contributed by atoms with Crippen LogP contribution in [0.25, 0.3) is 0 Å². The highest BCUT2D eigenvalue weighted by molar-refractivity contribution is 7.89. The van der Waals surface area contributed by atoms with Gasteiger partial charge in [-0.2, -0.15) is 4.31 Å². The van der Waals surface area contributed by atoms with Gasteiger partial charge in [0.15, 0.2) is 0 Å². The number of nitrogens with one attached hydrogen (secondary N) is 1. The molecule has 9 nitrogen and oxygen atoms in total. The number of nitrogens with zero attached hydrogens (tertiary/aromatic N) is 2. The number of nitro benzene ring substituents is 1. The second kappa shape index (κ2) is 5.93. The van der Waals surface area contributed by atoms with Crippen molar-refractivity contribution in [2.75, 3.05) is 25.6 Å². The molecule has 2 rings (SSSR count). The number of rotatable bonds is 5. The minimum absolute atomic E-state index is 0.00920. The van der Waals surface area contributed by atoms with Crippen LogP contribution in [0.3, 0.4) is 0 Å². The Bertz CT molecular complexity index is 648. The summed E-state index contributed by atoms with van der Waals surface area (Å²) in [6.45, 7) is 0.585. The van der Waals surface area contributed by atoms with E-state index in [2.05, 4.69) is 5.43 Å². The lowest BCUT2D eigenvalue weighted by Crippen LogP contribution is -2.31. The smallest absolute Gasteiger partial charge is 0.271 e. The second-order valence-electron chi connectivity index (χ2n) is 4.59. The fourth-order valence-electron chi connectivity index (χ4n) is 2.22. The molecule has 0 spiro atoms. The van der Waals surface area contributed by atoms with Gasteiger partial charge in [-0.25, -0.2) is 8.42 Å². The standard InChI is InChI=1S/C11H16N4O5S/c1-20-9-4-5-14(7-9)21(18,19)11-3-2-8(15(16)17)6-10(11)13-12/h2-3,6,9,13H,4-5,7,12H2,1H3. The lowest BCUT2D eigenvalue weighted by Gasteiger charge is -2.18. The number of anilines is 1. The molecule has 1 fully saturated rings. The van der Waals surface area contributed by atoms with Crippen LogP contribution < -0.4 is 11.3 Å². The Morgan fingerprint density at radius 2 is 2.24 bits per heavy atom. The zero-order valence-corrected chi connectivity index (χ0v) is 12.2. The third-order valence-electron chi connectivity index (χ3n) is 3.39. The van der Waals surface area contributed by atoms with Crippen LogP contribution in [-0.4, -0.2) is 43.9 Å². The largest absolute Gasteiger partial charge is 0.380 e. The van der Waals surface area contributed by atoms with Crippen molar-refractivity contribution in [2.45, 2.75) is 17.4 Å². The fourth-order valence-corrected chi connectivity index (χ4v) is 3.84. The summed E-state index contributed by atoms with van der Waals surface area (Å²) in [5, 5.41) is 10.7. The van der Waals surface area contributed by atoms with Gasteiger partial charge in [0, 0.05) is 32.3 Å². The van der Waals surface area contributed by atoms with Crippen molar-refractivity contribution in [3.8, 4) is 0 Å². The molecule has 0 bridgehead atoms. The van der Waals surface area contributed by atoms with Crippen molar-refractivity contribution in [1.82, 2.24) is 4.31 Å². The van der Waals surface area contributed by atoms with Crippen LogP contribution in [0.15, 0.2) is 23.1 Å². The van der Waals surface area contributed by atoms with Crippen molar-refractivity contribution in [3.63, 3.8) is 0 Å². The zero-order valence-electron chi connectivity index (χ0n) is 11.4. The molecule has 0 aromatic heterocycles. The van der Waals surface area contributed by atoms with Gasteiger partial charge in [0.05, 0.1) is 16.7 Å². The van der Waals surface area contributed by atoms with Gasteiger partial charge in [0.2, 0.25) is 10.0 Å². The predicted octanol–water partition coefficient (Wildman–Crippen LogP) is 0.290. The third-order valence-corrected chi connectivity index (χ3v) is 5.31. The van der Waals surface area contributed by atoms with E-state index in [1.165, 1.54) is 17.5 Å². The van der Waals surface area contributed by atoms with Gasteiger partial charge < -0.3 is 10.2 Å². The Balaban J connectivity index is 2.38. The molecular formula is C11H16N4O5S. The van der Waals surface area contributed by atoms with Crippen molar-refractivity contribution >= 4 is 21.4 Å². The number of hydrogen-bond donors (Lipinski definition) is 2. The van der Waals surface area contributed by atoms with Crippen molar-refractivity contribution in [2.24, 2.45) is 5.84 Å². The topological polar surface area (TPSA) is 128 Å². The number of nitro groups is 1. The Kier molecular flexibility index (Phi) is 4.42. The molecular weight excluding hydrogens is 300 g/mol. The number of methoxy groups -OCH3 is 1. The molecule has 0 saturated carbocycles. The summed E-state index contributed by atoms with van der Waals surface area (Å²) in [4.78, 5) is 10.0. The quantitative estimate of drug-likeness (QED) is 0.454. The number of ether oxygens (including phenoxy) is 1. The number of nitrogens with two attached hydrogens (primary N) is 1. The van der Waals surface area contributed by atoms with Crippen molar-refractivity contribution in [1.29, 1.82) is 0 Å². The van der Waals surface area contributed by atoms with Crippen LogP contribution >= 0.6 is 0 Å². The number of nitrogen functional groups attached to an aromatic ring is 1. The minimum atomic E-state index is -3.78. The number of sulfonamides is 1. The summed E-state index contributed by atoms with van der Waals surface area (Å²) in [5.41, 5.74) is 1.96. The van der Waals surface area contributed by atoms with E-state index in [1.807, 2.05) is 0 Å². The first kappa shape index (κ1) is 15.6. The summed E-state index contributed by atoms with van der Waals surface area (Å²) in [6, 6.07) is 3.41. The van der Waals surface area contributed by atoms with Crippen LogP contribution in [0, 0.1) is 10.1 Å². The van der Waals surface area contributed by atoms with E-state index in [-0.39, 0.29) is 28.9 Å². The van der Waals surface area contributed by atoms with Gasteiger partial charge in [0.25, 0.3) is 5.69 Å². The first-order valence-corrected chi connectivity index (χ1v) is 7.62. The summed E-state index contributed by atoms with van der Waals surface area (Å²) in [6.07, 6.45) is 0.459. The lowest BCUT2D eigenvalue weighted by molar-refractivity contribution is -0.384. The SMILES string of the molecule is COC1CCN(S(=O)(=O)c2ccc([N+](=O)[O-])cc2NN)C1. The maximum atomic E-state index is 12.6. The lowest BCUT2D eigenvalue weighted by atomic mass is 10.3. The molecule has 0 radical (unpaired) electrons. The number of hydrogen-bond acceptors (Lipinski definition) is 7. The molecule has 1 unspecified atom stereocenters. The molecule has 0 amide bonds. The van der Waals surface area contributed by atoms with E-state index in [0.29, 0.717) is 13.0 Å². The molecule has 1 aromatic rings. The van der Waals surface area contributed by atoms with Gasteiger partial charge in [0.1, 0.15) is 4.90 Å². The van der Waals surface area contributed by atoms with E-state index < -0.39 is 14.9 Å². The second-order valence-corrected chi connectivity index (χ2v) is 6.50. The molecule has 1 aliphatic rings. The Morgan fingerprint density at radius 3 is 2.76 bits per heavy atom. The summed E-state index contributed by atoms with van der Waals surface area (Å²) < 4.78 is 31.5.